The van der Waals surface area contributed by atoms with Gasteiger partial charge in [-0.25, -0.2) is 0 Å². The van der Waals surface area contributed by atoms with E-state index in [0.717, 1.165) is 30.8 Å². The summed E-state index contributed by atoms with van der Waals surface area (Å²) in [4.78, 5) is 10.8. The maximum atomic E-state index is 12.7. The Bertz CT molecular complexity index is 883. The molecule has 0 atom stereocenters. The lowest BCUT2D eigenvalue weighted by molar-refractivity contribution is -0.137. The van der Waals surface area contributed by atoms with Crippen molar-refractivity contribution < 1.29 is 22.4 Å². The molecular formula is C20H21F3N4O2. The predicted molar refractivity (Wildman–Crippen MR) is 99.6 cm³/mol. The Labute approximate surface area is 166 Å². The van der Waals surface area contributed by atoms with Gasteiger partial charge in [0, 0.05) is 38.6 Å². The van der Waals surface area contributed by atoms with Crippen molar-refractivity contribution in [1.82, 2.24) is 20.0 Å². The van der Waals surface area contributed by atoms with Crippen LogP contribution in [-0.2, 0) is 24.0 Å². The molecule has 0 N–H and O–H groups in total. The Morgan fingerprint density at radius 2 is 1.86 bits per heavy atom. The highest BCUT2D eigenvalue weighted by molar-refractivity contribution is 5.54. The number of benzene rings is 1. The molecule has 0 aliphatic heterocycles. The maximum absolute atomic E-state index is 12.7. The molecule has 0 amide bonds. The van der Waals surface area contributed by atoms with Crippen molar-refractivity contribution in [1.29, 1.82) is 0 Å². The summed E-state index contributed by atoms with van der Waals surface area (Å²) in [6, 6.07) is 10.4. The second-order valence-electron chi connectivity index (χ2n) is 6.46. The van der Waals surface area contributed by atoms with Gasteiger partial charge in [-0.15, -0.1) is 0 Å². The molecule has 0 spiro atoms. The molecule has 0 bridgehead atoms. The quantitative estimate of drug-likeness (QED) is 0.497. The third-order valence-electron chi connectivity index (χ3n) is 4.23. The van der Waals surface area contributed by atoms with Crippen molar-refractivity contribution in [2.45, 2.75) is 25.7 Å². The molecular weight excluding hydrogens is 385 g/mol. The number of hydrogen-bond acceptors (Lipinski definition) is 6. The molecule has 2 aromatic heterocycles. The molecule has 154 valence electrons. The van der Waals surface area contributed by atoms with E-state index in [0.29, 0.717) is 31.2 Å². The maximum Gasteiger partial charge on any atom is 0.416 e. The molecule has 3 rings (SSSR count). The van der Waals surface area contributed by atoms with Crippen molar-refractivity contribution in [3.8, 4) is 11.4 Å². The summed E-state index contributed by atoms with van der Waals surface area (Å²) in [5.41, 5.74) is 0.653. The van der Waals surface area contributed by atoms with Crippen molar-refractivity contribution in [3.05, 3.63) is 65.8 Å². The number of halogens is 3. The highest BCUT2D eigenvalue weighted by Gasteiger charge is 2.30. The summed E-state index contributed by atoms with van der Waals surface area (Å²) in [5.74, 6) is 0.636. The Morgan fingerprint density at radius 3 is 2.52 bits per heavy atom. The number of aromatic nitrogens is 3. The monoisotopic (exact) mass is 406 g/mol. The number of hydrogen-bond donors (Lipinski definition) is 0. The fourth-order valence-corrected chi connectivity index (χ4v) is 2.80. The summed E-state index contributed by atoms with van der Waals surface area (Å²) in [6.45, 7) is 2.36. The molecule has 29 heavy (non-hydrogen) atoms. The number of alkyl halides is 3. The minimum absolute atomic E-state index is 0.253. The molecule has 2 heterocycles. The molecule has 0 aliphatic rings. The SMILES string of the molecule is COCCCN(Cc1ccccn1)Cc1nc(-c2ccc(C(F)(F)F)cc2)no1. The fraction of sp³-hybridized carbons (Fsp3) is 0.350. The van der Waals surface area contributed by atoms with Gasteiger partial charge in [-0.3, -0.25) is 9.88 Å². The van der Waals surface area contributed by atoms with Crippen LogP contribution in [0.1, 0.15) is 23.6 Å². The molecule has 0 saturated heterocycles. The zero-order chi connectivity index (χ0) is 20.7. The Kier molecular flexibility index (Phi) is 6.95. The van der Waals surface area contributed by atoms with E-state index in [4.69, 9.17) is 9.26 Å². The minimum atomic E-state index is -4.38. The van der Waals surface area contributed by atoms with Crippen LogP contribution in [-0.4, -0.2) is 40.3 Å². The lowest BCUT2D eigenvalue weighted by atomic mass is 10.1. The summed E-state index contributed by atoms with van der Waals surface area (Å²) in [6.07, 6.45) is -1.82. The first kappa shape index (κ1) is 20.9. The summed E-state index contributed by atoms with van der Waals surface area (Å²) in [5, 5.41) is 3.90. The van der Waals surface area contributed by atoms with E-state index in [-0.39, 0.29) is 5.82 Å². The molecule has 6 nitrogen and oxygen atoms in total. The largest absolute Gasteiger partial charge is 0.416 e. The summed E-state index contributed by atoms with van der Waals surface area (Å²) in [7, 11) is 1.65. The highest BCUT2D eigenvalue weighted by atomic mass is 19.4. The Hall–Kier alpha value is -2.78. The van der Waals surface area contributed by atoms with Crippen molar-refractivity contribution in [3.63, 3.8) is 0 Å². The van der Waals surface area contributed by atoms with E-state index < -0.39 is 11.7 Å². The lowest BCUT2D eigenvalue weighted by Crippen LogP contribution is -2.25. The topological polar surface area (TPSA) is 64.3 Å². The fourth-order valence-electron chi connectivity index (χ4n) is 2.80. The molecule has 0 radical (unpaired) electrons. The molecule has 1 aromatic carbocycles. The van der Waals surface area contributed by atoms with E-state index >= 15 is 0 Å². The smallest absolute Gasteiger partial charge is 0.385 e. The second kappa shape index (κ2) is 9.62. The van der Waals surface area contributed by atoms with Gasteiger partial charge in [0.25, 0.3) is 0 Å². The average Bonchev–Trinajstić information content (AvgIpc) is 3.17. The first-order valence-corrected chi connectivity index (χ1v) is 9.07. The van der Waals surface area contributed by atoms with Gasteiger partial charge < -0.3 is 9.26 Å². The van der Waals surface area contributed by atoms with Crippen LogP contribution in [0.15, 0.2) is 53.2 Å². The van der Waals surface area contributed by atoms with Gasteiger partial charge in [-0.2, -0.15) is 18.2 Å². The van der Waals surface area contributed by atoms with Crippen LogP contribution in [0.2, 0.25) is 0 Å². The Balaban J connectivity index is 1.69. The van der Waals surface area contributed by atoms with Crippen LogP contribution in [0.3, 0.4) is 0 Å². The molecule has 3 aromatic rings. The third-order valence-corrected chi connectivity index (χ3v) is 4.23. The first-order chi connectivity index (χ1) is 14.0. The van der Waals surface area contributed by atoms with Gasteiger partial charge in [0.2, 0.25) is 11.7 Å². The highest BCUT2D eigenvalue weighted by Crippen LogP contribution is 2.30. The van der Waals surface area contributed by atoms with Crippen molar-refractivity contribution in [2.24, 2.45) is 0 Å². The van der Waals surface area contributed by atoms with Gasteiger partial charge in [0.05, 0.1) is 17.8 Å². The van der Waals surface area contributed by atoms with Crippen LogP contribution in [0.4, 0.5) is 13.2 Å². The van der Waals surface area contributed by atoms with Crippen LogP contribution in [0.25, 0.3) is 11.4 Å². The molecule has 0 unspecified atom stereocenters. The van der Waals surface area contributed by atoms with Crippen LogP contribution < -0.4 is 0 Å². The van der Waals surface area contributed by atoms with Gasteiger partial charge >= 0.3 is 6.18 Å². The lowest BCUT2D eigenvalue weighted by Gasteiger charge is -2.19. The van der Waals surface area contributed by atoms with Crippen LogP contribution in [0.5, 0.6) is 0 Å². The number of nitrogens with zero attached hydrogens (tertiary/aromatic N) is 4. The molecule has 0 fully saturated rings. The normalized spacial score (nSPS) is 11.9. The molecule has 9 heteroatoms. The van der Waals surface area contributed by atoms with E-state index in [2.05, 4.69) is 20.0 Å². The standard InChI is InChI=1S/C20H21F3N4O2/c1-28-12-4-11-27(13-17-5-2-3-10-24-17)14-18-25-19(26-29-18)15-6-8-16(9-7-15)20(21,22)23/h2-3,5-10H,4,11-14H2,1H3. The molecule has 0 aliphatic carbocycles. The van der Waals surface area contributed by atoms with E-state index in [1.807, 2.05) is 18.2 Å². The summed E-state index contributed by atoms with van der Waals surface area (Å²) >= 11 is 0. The van der Waals surface area contributed by atoms with Crippen molar-refractivity contribution >= 4 is 0 Å². The molecule has 0 saturated carbocycles. The van der Waals surface area contributed by atoms with Gasteiger partial charge in [-0.05, 0) is 30.7 Å². The summed E-state index contributed by atoms with van der Waals surface area (Å²) < 4.78 is 48.5. The number of rotatable bonds is 9. The average molecular weight is 406 g/mol. The second-order valence-corrected chi connectivity index (χ2v) is 6.46. The zero-order valence-corrected chi connectivity index (χ0v) is 15.9. The van der Waals surface area contributed by atoms with Crippen LogP contribution >= 0.6 is 0 Å². The Morgan fingerprint density at radius 1 is 1.07 bits per heavy atom. The van der Waals surface area contributed by atoms with Gasteiger partial charge in [0.1, 0.15) is 0 Å². The third kappa shape index (κ3) is 6.10. The van der Waals surface area contributed by atoms with E-state index in [9.17, 15) is 13.2 Å². The predicted octanol–water partition coefficient (Wildman–Crippen LogP) is 4.19. The van der Waals surface area contributed by atoms with E-state index in [1.54, 1.807) is 13.3 Å². The van der Waals surface area contributed by atoms with Crippen LogP contribution in [0, 0.1) is 0 Å². The number of methoxy groups -OCH3 is 1. The zero-order valence-electron chi connectivity index (χ0n) is 15.9. The minimum Gasteiger partial charge on any atom is -0.385 e. The number of pyridine rings is 1. The van der Waals surface area contributed by atoms with Gasteiger partial charge in [-0.1, -0.05) is 23.4 Å². The van der Waals surface area contributed by atoms with Crippen molar-refractivity contribution in [2.75, 3.05) is 20.3 Å². The van der Waals surface area contributed by atoms with Gasteiger partial charge in [0.15, 0.2) is 0 Å². The van der Waals surface area contributed by atoms with E-state index in [1.165, 1.54) is 12.1 Å². The first-order valence-electron chi connectivity index (χ1n) is 9.07. The number of ether oxygens (including phenoxy) is 1.